The Hall–Kier alpha value is -2.17. The first-order valence-electron chi connectivity index (χ1n) is 7.15. The second kappa shape index (κ2) is 5.43. The zero-order valence-electron chi connectivity index (χ0n) is 12.9. The van der Waals surface area contributed by atoms with Crippen molar-refractivity contribution in [2.24, 2.45) is 0 Å². The van der Waals surface area contributed by atoms with Crippen LogP contribution in [0.1, 0.15) is 16.3 Å². The molecule has 0 saturated carbocycles. The van der Waals surface area contributed by atoms with Gasteiger partial charge in [-0.2, -0.15) is 9.61 Å². The van der Waals surface area contributed by atoms with Crippen molar-refractivity contribution < 1.29 is 17.9 Å². The van der Waals surface area contributed by atoms with Gasteiger partial charge >= 0.3 is 0 Å². The highest BCUT2D eigenvalue weighted by Gasteiger charge is 2.25. The molecular formula is C14H14N4O4S2. The summed E-state index contributed by atoms with van der Waals surface area (Å²) < 4.78 is 39.9. The number of benzene rings is 1. The van der Waals surface area contributed by atoms with Crippen LogP contribution in [-0.4, -0.2) is 29.8 Å². The second-order valence-electron chi connectivity index (χ2n) is 5.33. The zero-order valence-corrected chi connectivity index (χ0v) is 14.6. The standard InChI is InChI=1S/C14H14N4O4S2/c1-8-13(18-14(16-8)23-9(2)17-18)24(19,20)15-6-10-3-4-11-12(5-10)22-7-21-11/h3-5,15H,6-7H2,1-2H3. The van der Waals surface area contributed by atoms with Gasteiger partial charge in [0.15, 0.2) is 16.5 Å². The van der Waals surface area contributed by atoms with Gasteiger partial charge in [0.25, 0.3) is 10.0 Å². The van der Waals surface area contributed by atoms with Crippen LogP contribution in [0.25, 0.3) is 4.96 Å². The van der Waals surface area contributed by atoms with E-state index in [1.54, 1.807) is 25.1 Å². The van der Waals surface area contributed by atoms with Gasteiger partial charge < -0.3 is 9.47 Å². The second-order valence-corrected chi connectivity index (χ2v) is 8.17. The molecular weight excluding hydrogens is 352 g/mol. The Morgan fingerprint density at radius 2 is 2.08 bits per heavy atom. The van der Waals surface area contributed by atoms with Crippen molar-refractivity contribution in [1.29, 1.82) is 0 Å². The largest absolute Gasteiger partial charge is 0.454 e. The van der Waals surface area contributed by atoms with Crippen LogP contribution in [0.3, 0.4) is 0 Å². The zero-order chi connectivity index (χ0) is 16.9. The third-order valence-corrected chi connectivity index (χ3v) is 5.91. The summed E-state index contributed by atoms with van der Waals surface area (Å²) >= 11 is 1.35. The minimum atomic E-state index is -3.75. The maximum absolute atomic E-state index is 12.7. The number of rotatable bonds is 4. The summed E-state index contributed by atoms with van der Waals surface area (Å²) in [6.45, 7) is 3.78. The van der Waals surface area contributed by atoms with Gasteiger partial charge in [-0.05, 0) is 31.5 Å². The Balaban J connectivity index is 1.62. The van der Waals surface area contributed by atoms with Crippen molar-refractivity contribution in [1.82, 2.24) is 19.3 Å². The first-order valence-corrected chi connectivity index (χ1v) is 9.45. The Morgan fingerprint density at radius 3 is 2.92 bits per heavy atom. The van der Waals surface area contributed by atoms with Gasteiger partial charge in [-0.3, -0.25) is 0 Å². The molecule has 1 aliphatic rings. The van der Waals surface area contributed by atoms with E-state index < -0.39 is 10.0 Å². The number of imidazole rings is 1. The molecule has 1 aromatic carbocycles. The molecule has 0 saturated heterocycles. The van der Waals surface area contributed by atoms with E-state index in [1.165, 1.54) is 15.9 Å². The van der Waals surface area contributed by atoms with Crippen molar-refractivity contribution in [2.75, 3.05) is 6.79 Å². The summed E-state index contributed by atoms with van der Waals surface area (Å²) in [7, 11) is -3.75. The lowest BCUT2D eigenvalue weighted by atomic mass is 10.2. The van der Waals surface area contributed by atoms with Crippen LogP contribution in [-0.2, 0) is 16.6 Å². The van der Waals surface area contributed by atoms with Crippen LogP contribution in [0.15, 0.2) is 23.2 Å². The molecule has 2 aromatic heterocycles. The number of sulfonamides is 1. The monoisotopic (exact) mass is 366 g/mol. The number of ether oxygens (including phenoxy) is 2. The van der Waals surface area contributed by atoms with E-state index in [2.05, 4.69) is 14.8 Å². The van der Waals surface area contributed by atoms with Gasteiger partial charge in [0, 0.05) is 6.54 Å². The summed E-state index contributed by atoms with van der Waals surface area (Å²) in [6, 6.07) is 5.32. The van der Waals surface area contributed by atoms with E-state index in [9.17, 15) is 8.42 Å². The van der Waals surface area contributed by atoms with E-state index in [4.69, 9.17) is 9.47 Å². The fraction of sp³-hybridized carbons (Fsp3) is 0.286. The number of aromatic nitrogens is 3. The average Bonchev–Trinajstić information content (AvgIpc) is 3.18. The fourth-order valence-corrected chi connectivity index (χ4v) is 4.66. The molecule has 24 heavy (non-hydrogen) atoms. The summed E-state index contributed by atoms with van der Waals surface area (Å²) in [4.78, 5) is 4.83. The first-order chi connectivity index (χ1) is 11.4. The SMILES string of the molecule is Cc1nn2c(S(=O)(=O)NCc3ccc4c(c3)OCO4)c(C)nc2s1. The molecule has 8 nitrogen and oxygen atoms in total. The molecule has 0 fully saturated rings. The Bertz CT molecular complexity index is 1040. The molecule has 0 radical (unpaired) electrons. The highest BCUT2D eigenvalue weighted by atomic mass is 32.2. The number of nitrogens with zero attached hydrogens (tertiary/aromatic N) is 3. The predicted octanol–water partition coefficient (Wildman–Crippen LogP) is 1.61. The van der Waals surface area contributed by atoms with Crippen molar-refractivity contribution in [2.45, 2.75) is 25.4 Å². The van der Waals surface area contributed by atoms with Crippen LogP contribution in [0.5, 0.6) is 11.5 Å². The third kappa shape index (κ3) is 2.52. The number of hydrogen-bond donors (Lipinski definition) is 1. The van der Waals surface area contributed by atoms with E-state index in [0.717, 1.165) is 10.6 Å². The molecule has 10 heteroatoms. The van der Waals surface area contributed by atoms with Crippen molar-refractivity contribution >= 4 is 26.3 Å². The van der Waals surface area contributed by atoms with Gasteiger partial charge in [-0.15, -0.1) is 0 Å². The summed E-state index contributed by atoms with van der Waals surface area (Å²) in [5.41, 5.74) is 1.20. The molecule has 0 atom stereocenters. The van der Waals surface area contributed by atoms with Crippen LogP contribution in [0.4, 0.5) is 0 Å². The Labute approximate surface area is 142 Å². The molecule has 3 heterocycles. The van der Waals surface area contributed by atoms with Crippen LogP contribution < -0.4 is 14.2 Å². The summed E-state index contributed by atoms with van der Waals surface area (Å²) in [5, 5.41) is 5.05. The van der Waals surface area contributed by atoms with E-state index in [0.29, 0.717) is 22.2 Å². The molecule has 0 bridgehead atoms. The summed E-state index contributed by atoms with van der Waals surface area (Å²) in [5.74, 6) is 1.28. The average molecular weight is 366 g/mol. The third-order valence-electron chi connectivity index (χ3n) is 3.58. The molecule has 1 N–H and O–H groups in total. The highest BCUT2D eigenvalue weighted by Crippen LogP contribution is 2.32. The van der Waals surface area contributed by atoms with E-state index >= 15 is 0 Å². The van der Waals surface area contributed by atoms with Gasteiger partial charge in [0.2, 0.25) is 11.8 Å². The molecule has 0 spiro atoms. The van der Waals surface area contributed by atoms with Gasteiger partial charge in [-0.25, -0.2) is 18.1 Å². The lowest BCUT2D eigenvalue weighted by Gasteiger charge is -2.07. The van der Waals surface area contributed by atoms with Crippen LogP contribution in [0, 0.1) is 13.8 Å². The topological polar surface area (TPSA) is 94.8 Å². The molecule has 3 aromatic rings. The van der Waals surface area contributed by atoms with Gasteiger partial charge in [0.1, 0.15) is 5.01 Å². The number of aryl methyl sites for hydroxylation is 2. The molecule has 0 unspecified atom stereocenters. The highest BCUT2D eigenvalue weighted by molar-refractivity contribution is 7.89. The first kappa shape index (κ1) is 15.4. The van der Waals surface area contributed by atoms with Crippen molar-refractivity contribution in [3.05, 3.63) is 34.5 Å². The smallest absolute Gasteiger partial charge is 0.260 e. The van der Waals surface area contributed by atoms with Gasteiger partial charge in [-0.1, -0.05) is 17.4 Å². The maximum Gasteiger partial charge on any atom is 0.260 e. The van der Waals surface area contributed by atoms with E-state index in [1.807, 2.05) is 6.92 Å². The van der Waals surface area contributed by atoms with Crippen molar-refractivity contribution in [3.63, 3.8) is 0 Å². The number of nitrogens with one attached hydrogen (secondary N) is 1. The Morgan fingerprint density at radius 1 is 1.29 bits per heavy atom. The molecule has 0 amide bonds. The minimum Gasteiger partial charge on any atom is -0.454 e. The fourth-order valence-electron chi connectivity index (χ4n) is 2.53. The molecule has 4 rings (SSSR count). The minimum absolute atomic E-state index is 0.0718. The van der Waals surface area contributed by atoms with Gasteiger partial charge in [0.05, 0.1) is 5.69 Å². The lowest BCUT2D eigenvalue weighted by Crippen LogP contribution is -2.25. The normalized spacial score (nSPS) is 13.8. The number of fused-ring (bicyclic) bond motifs is 2. The number of hydrogen-bond acceptors (Lipinski definition) is 7. The lowest BCUT2D eigenvalue weighted by molar-refractivity contribution is 0.174. The molecule has 126 valence electrons. The summed E-state index contributed by atoms with van der Waals surface area (Å²) in [6.07, 6.45) is 0. The van der Waals surface area contributed by atoms with Crippen LogP contribution in [0.2, 0.25) is 0 Å². The Kier molecular flexibility index (Phi) is 3.48. The van der Waals surface area contributed by atoms with Crippen LogP contribution >= 0.6 is 11.3 Å². The predicted molar refractivity (Wildman–Crippen MR) is 86.9 cm³/mol. The van der Waals surface area contributed by atoms with E-state index in [-0.39, 0.29) is 18.4 Å². The maximum atomic E-state index is 12.7. The quantitative estimate of drug-likeness (QED) is 0.754. The molecule has 1 aliphatic heterocycles. The van der Waals surface area contributed by atoms with Crippen molar-refractivity contribution in [3.8, 4) is 11.5 Å². The molecule has 0 aliphatic carbocycles.